The number of nitro benzene ring substituents is 1. The lowest BCUT2D eigenvalue weighted by Crippen LogP contribution is -2.47. The Morgan fingerprint density at radius 2 is 1.85 bits per heavy atom. The van der Waals surface area contributed by atoms with Crippen molar-refractivity contribution in [1.29, 1.82) is 0 Å². The number of hydrogen-bond donors (Lipinski definition) is 0. The third-order valence-corrected chi connectivity index (χ3v) is 3.81. The van der Waals surface area contributed by atoms with Gasteiger partial charge in [0.25, 0.3) is 5.69 Å². The van der Waals surface area contributed by atoms with Crippen LogP contribution in [-0.2, 0) is 0 Å². The van der Waals surface area contributed by atoms with Gasteiger partial charge in [-0.1, -0.05) is 26.0 Å². The number of para-hydroxylation sites is 2. The SMILES string of the molecule is CC(C)CCN1CCN(c2ccccc2[N+](=O)[O-])CC1. The van der Waals surface area contributed by atoms with Crippen molar-refractivity contribution in [3.63, 3.8) is 0 Å². The van der Waals surface area contributed by atoms with Crippen LogP contribution in [0.15, 0.2) is 24.3 Å². The number of piperazine rings is 1. The first-order chi connectivity index (χ1) is 9.58. The number of anilines is 1. The second-order valence-electron chi connectivity index (χ2n) is 5.76. The Bertz CT molecular complexity index is 454. The molecule has 1 aliphatic heterocycles. The zero-order chi connectivity index (χ0) is 14.5. The van der Waals surface area contributed by atoms with Crippen LogP contribution < -0.4 is 4.90 Å². The molecule has 0 bridgehead atoms. The molecule has 0 aliphatic carbocycles. The minimum atomic E-state index is -0.291. The summed E-state index contributed by atoms with van der Waals surface area (Å²) in [5.41, 5.74) is 0.962. The molecule has 0 unspecified atom stereocenters. The van der Waals surface area contributed by atoms with Crippen molar-refractivity contribution in [2.45, 2.75) is 20.3 Å². The van der Waals surface area contributed by atoms with E-state index in [1.165, 1.54) is 6.42 Å². The lowest BCUT2D eigenvalue weighted by Gasteiger charge is -2.36. The second-order valence-corrected chi connectivity index (χ2v) is 5.76. The molecule has 1 aromatic rings. The molecule has 0 radical (unpaired) electrons. The van der Waals surface area contributed by atoms with E-state index in [-0.39, 0.29) is 10.6 Å². The number of nitrogens with zero attached hydrogens (tertiary/aromatic N) is 3. The summed E-state index contributed by atoms with van der Waals surface area (Å²) >= 11 is 0. The molecule has 110 valence electrons. The Kier molecular flexibility index (Phi) is 4.95. The Hall–Kier alpha value is -1.62. The molecular weight excluding hydrogens is 254 g/mol. The molecular formula is C15H23N3O2. The number of rotatable bonds is 5. The van der Waals surface area contributed by atoms with Gasteiger partial charge in [0.2, 0.25) is 0 Å². The van der Waals surface area contributed by atoms with Gasteiger partial charge in [0.15, 0.2) is 0 Å². The summed E-state index contributed by atoms with van der Waals surface area (Å²) in [6, 6.07) is 7.02. The fourth-order valence-electron chi connectivity index (χ4n) is 2.54. The maximum atomic E-state index is 11.1. The zero-order valence-corrected chi connectivity index (χ0v) is 12.3. The van der Waals surface area contributed by atoms with Crippen LogP contribution in [0.25, 0.3) is 0 Å². The van der Waals surface area contributed by atoms with Gasteiger partial charge in [0.1, 0.15) is 5.69 Å². The third-order valence-electron chi connectivity index (χ3n) is 3.81. The highest BCUT2D eigenvalue weighted by Crippen LogP contribution is 2.28. The van der Waals surface area contributed by atoms with Crippen molar-refractivity contribution in [3.05, 3.63) is 34.4 Å². The first kappa shape index (κ1) is 14.8. The molecule has 0 saturated carbocycles. The minimum Gasteiger partial charge on any atom is -0.363 e. The number of hydrogen-bond acceptors (Lipinski definition) is 4. The maximum Gasteiger partial charge on any atom is 0.292 e. The molecule has 0 atom stereocenters. The summed E-state index contributed by atoms with van der Waals surface area (Å²) < 4.78 is 0. The van der Waals surface area contributed by atoms with Crippen molar-refractivity contribution in [3.8, 4) is 0 Å². The molecule has 0 N–H and O–H groups in total. The van der Waals surface area contributed by atoms with E-state index in [1.807, 2.05) is 12.1 Å². The van der Waals surface area contributed by atoms with Gasteiger partial charge >= 0.3 is 0 Å². The Balaban J connectivity index is 1.95. The van der Waals surface area contributed by atoms with Crippen LogP contribution >= 0.6 is 0 Å². The molecule has 1 fully saturated rings. The minimum absolute atomic E-state index is 0.211. The molecule has 0 amide bonds. The van der Waals surface area contributed by atoms with E-state index in [2.05, 4.69) is 23.6 Å². The largest absolute Gasteiger partial charge is 0.363 e. The van der Waals surface area contributed by atoms with Crippen molar-refractivity contribution in [2.75, 3.05) is 37.6 Å². The predicted molar refractivity (Wildman–Crippen MR) is 81.2 cm³/mol. The van der Waals surface area contributed by atoms with E-state index in [9.17, 15) is 10.1 Å². The fraction of sp³-hybridized carbons (Fsp3) is 0.600. The highest BCUT2D eigenvalue weighted by molar-refractivity contribution is 5.63. The maximum absolute atomic E-state index is 11.1. The van der Waals surface area contributed by atoms with E-state index < -0.39 is 0 Å². The molecule has 20 heavy (non-hydrogen) atoms. The van der Waals surface area contributed by atoms with Crippen LogP contribution in [0.1, 0.15) is 20.3 Å². The van der Waals surface area contributed by atoms with Crippen LogP contribution in [-0.4, -0.2) is 42.5 Å². The topological polar surface area (TPSA) is 49.6 Å². The lowest BCUT2D eigenvalue weighted by atomic mass is 10.1. The predicted octanol–water partition coefficient (Wildman–Crippen LogP) is 2.76. The molecule has 1 aromatic carbocycles. The standard InChI is InChI=1S/C15H23N3O2/c1-13(2)7-8-16-9-11-17(12-10-16)14-5-3-4-6-15(14)18(19)20/h3-6,13H,7-12H2,1-2H3. The highest BCUT2D eigenvalue weighted by atomic mass is 16.6. The highest BCUT2D eigenvalue weighted by Gasteiger charge is 2.22. The summed E-state index contributed by atoms with van der Waals surface area (Å²) in [7, 11) is 0. The van der Waals surface area contributed by atoms with Crippen LogP contribution in [0.5, 0.6) is 0 Å². The average Bonchev–Trinajstić information content (AvgIpc) is 2.45. The second kappa shape index (κ2) is 6.70. The first-order valence-electron chi connectivity index (χ1n) is 7.28. The summed E-state index contributed by atoms with van der Waals surface area (Å²) in [5.74, 6) is 0.725. The molecule has 5 heteroatoms. The molecule has 5 nitrogen and oxygen atoms in total. The summed E-state index contributed by atoms with van der Waals surface area (Å²) in [6.45, 7) is 9.30. The van der Waals surface area contributed by atoms with Gasteiger partial charge < -0.3 is 4.90 Å². The normalized spacial score (nSPS) is 16.6. The van der Waals surface area contributed by atoms with Gasteiger partial charge in [-0.3, -0.25) is 15.0 Å². The monoisotopic (exact) mass is 277 g/mol. The van der Waals surface area contributed by atoms with Crippen molar-refractivity contribution in [1.82, 2.24) is 4.90 Å². The Morgan fingerprint density at radius 3 is 2.45 bits per heavy atom. The van der Waals surface area contributed by atoms with Gasteiger partial charge in [-0.15, -0.1) is 0 Å². The number of benzene rings is 1. The summed E-state index contributed by atoms with van der Waals surface area (Å²) in [4.78, 5) is 15.4. The Morgan fingerprint density at radius 1 is 1.20 bits per heavy atom. The first-order valence-corrected chi connectivity index (χ1v) is 7.28. The molecule has 1 heterocycles. The van der Waals surface area contributed by atoms with Crippen LogP contribution in [0.3, 0.4) is 0 Å². The van der Waals surface area contributed by atoms with Gasteiger partial charge in [0, 0.05) is 32.2 Å². The number of nitro groups is 1. The smallest absolute Gasteiger partial charge is 0.292 e. The van der Waals surface area contributed by atoms with E-state index in [1.54, 1.807) is 12.1 Å². The molecule has 1 aliphatic rings. The molecule has 1 saturated heterocycles. The Labute approximate surface area is 120 Å². The summed E-state index contributed by atoms with van der Waals surface area (Å²) in [5, 5.41) is 11.1. The fourth-order valence-corrected chi connectivity index (χ4v) is 2.54. The van der Waals surface area contributed by atoms with Gasteiger partial charge in [-0.05, 0) is 24.9 Å². The summed E-state index contributed by atoms with van der Waals surface area (Å²) in [6.07, 6.45) is 1.21. The average molecular weight is 277 g/mol. The molecule has 0 spiro atoms. The zero-order valence-electron chi connectivity index (χ0n) is 12.3. The van der Waals surface area contributed by atoms with Gasteiger partial charge in [-0.25, -0.2) is 0 Å². The van der Waals surface area contributed by atoms with E-state index in [0.29, 0.717) is 0 Å². The quantitative estimate of drug-likeness (QED) is 0.613. The lowest BCUT2D eigenvalue weighted by molar-refractivity contribution is -0.384. The van der Waals surface area contributed by atoms with Crippen molar-refractivity contribution < 1.29 is 4.92 Å². The van der Waals surface area contributed by atoms with Crippen molar-refractivity contribution >= 4 is 11.4 Å². The molecule has 0 aromatic heterocycles. The van der Waals surface area contributed by atoms with E-state index in [4.69, 9.17) is 0 Å². The van der Waals surface area contributed by atoms with Crippen LogP contribution in [0.4, 0.5) is 11.4 Å². The van der Waals surface area contributed by atoms with E-state index in [0.717, 1.165) is 44.3 Å². The van der Waals surface area contributed by atoms with Crippen LogP contribution in [0, 0.1) is 16.0 Å². The molecule has 2 rings (SSSR count). The van der Waals surface area contributed by atoms with Crippen molar-refractivity contribution in [2.24, 2.45) is 5.92 Å². The van der Waals surface area contributed by atoms with Gasteiger partial charge in [0.05, 0.1) is 4.92 Å². The van der Waals surface area contributed by atoms with Crippen LogP contribution in [0.2, 0.25) is 0 Å². The van der Waals surface area contributed by atoms with E-state index >= 15 is 0 Å². The third kappa shape index (κ3) is 3.70. The van der Waals surface area contributed by atoms with Gasteiger partial charge in [-0.2, -0.15) is 0 Å².